The Bertz CT molecular complexity index is 570. The Morgan fingerprint density at radius 2 is 1.06 bits per heavy atom. The second kappa shape index (κ2) is 3.63. The number of phenolic OH excluding ortho intramolecular Hbond substituents is 2. The van der Waals surface area contributed by atoms with Crippen LogP contribution in [0, 0.1) is 0 Å². The van der Waals surface area contributed by atoms with Crippen LogP contribution >= 0.6 is 0 Å². The molecule has 0 unspecified atom stereocenters. The first-order valence-electron chi connectivity index (χ1n) is 4.00. The molecule has 0 aromatic heterocycles. The number of hydrogen-bond acceptors (Lipinski definition) is 6. The molecule has 0 atom stereocenters. The van der Waals surface area contributed by atoms with Crippen molar-refractivity contribution in [3.05, 3.63) is 12.1 Å². The smallest absolute Gasteiger partial charge is 0.180 e. The molecule has 8 heteroatoms. The normalized spacial score (nSPS) is 12.6. The van der Waals surface area contributed by atoms with E-state index in [0.717, 1.165) is 24.6 Å². The molecule has 0 aliphatic heterocycles. The zero-order valence-corrected chi connectivity index (χ0v) is 10.1. The molecule has 16 heavy (non-hydrogen) atoms. The molecule has 0 bridgehead atoms. The predicted octanol–water partition coefficient (Wildman–Crippen LogP) is -0.0952. The van der Waals surface area contributed by atoms with Gasteiger partial charge < -0.3 is 10.2 Å². The molecular formula is C8H10O6S2. The maximum Gasteiger partial charge on any atom is 0.180 e. The Labute approximate surface area is 93.0 Å². The molecule has 90 valence electrons. The van der Waals surface area contributed by atoms with Gasteiger partial charge in [0.2, 0.25) is 0 Å². The van der Waals surface area contributed by atoms with Crippen molar-refractivity contribution >= 4 is 19.7 Å². The van der Waals surface area contributed by atoms with E-state index in [0.29, 0.717) is 0 Å². The van der Waals surface area contributed by atoms with Gasteiger partial charge in [-0.1, -0.05) is 0 Å². The van der Waals surface area contributed by atoms with Crippen LogP contribution in [0.5, 0.6) is 11.5 Å². The standard InChI is InChI=1S/C8H10O6S2/c1-15(11,12)7-5(9)3-4-6(10)8(7)16(2,13)14/h3-4,9-10H,1-2H3. The Balaban J connectivity index is 3.93. The summed E-state index contributed by atoms with van der Waals surface area (Å²) in [6, 6.07) is 1.83. The molecule has 0 amide bonds. The molecule has 2 N–H and O–H groups in total. The Hall–Kier alpha value is -1.28. The molecule has 0 radical (unpaired) electrons. The van der Waals surface area contributed by atoms with Crippen LogP contribution in [0.4, 0.5) is 0 Å². The minimum atomic E-state index is -3.96. The first kappa shape index (κ1) is 12.8. The third-order valence-corrected chi connectivity index (χ3v) is 4.25. The van der Waals surface area contributed by atoms with Crippen molar-refractivity contribution in [2.45, 2.75) is 9.79 Å². The average Bonchev–Trinajstić information content (AvgIpc) is 2.04. The Morgan fingerprint density at radius 1 is 0.812 bits per heavy atom. The van der Waals surface area contributed by atoms with Gasteiger partial charge in [-0.25, -0.2) is 16.8 Å². The Morgan fingerprint density at radius 3 is 1.25 bits per heavy atom. The minimum Gasteiger partial charge on any atom is -0.507 e. The zero-order valence-electron chi connectivity index (χ0n) is 8.50. The van der Waals surface area contributed by atoms with Crippen LogP contribution in [0.25, 0.3) is 0 Å². The molecule has 6 nitrogen and oxygen atoms in total. The van der Waals surface area contributed by atoms with Gasteiger partial charge in [-0.15, -0.1) is 0 Å². The van der Waals surface area contributed by atoms with Crippen LogP contribution in [0.1, 0.15) is 0 Å². The van der Waals surface area contributed by atoms with E-state index in [2.05, 4.69) is 0 Å². The molecule has 0 aliphatic carbocycles. The highest BCUT2D eigenvalue weighted by Gasteiger charge is 2.27. The maximum atomic E-state index is 11.3. The van der Waals surface area contributed by atoms with E-state index in [4.69, 9.17) is 0 Å². The van der Waals surface area contributed by atoms with E-state index >= 15 is 0 Å². The summed E-state index contributed by atoms with van der Waals surface area (Å²) in [5, 5.41) is 18.7. The largest absolute Gasteiger partial charge is 0.507 e. The molecule has 0 spiro atoms. The van der Waals surface area contributed by atoms with Gasteiger partial charge in [0.15, 0.2) is 19.7 Å². The quantitative estimate of drug-likeness (QED) is 0.724. The summed E-state index contributed by atoms with van der Waals surface area (Å²) in [5.41, 5.74) is 0. The highest BCUT2D eigenvalue weighted by molar-refractivity contribution is 7.94. The van der Waals surface area contributed by atoms with Gasteiger partial charge in [0.25, 0.3) is 0 Å². The topological polar surface area (TPSA) is 109 Å². The van der Waals surface area contributed by atoms with Gasteiger partial charge >= 0.3 is 0 Å². The summed E-state index contributed by atoms with van der Waals surface area (Å²) < 4.78 is 45.4. The van der Waals surface area contributed by atoms with Crippen LogP contribution in [0.2, 0.25) is 0 Å². The number of phenols is 2. The van der Waals surface area contributed by atoms with E-state index in [1.807, 2.05) is 0 Å². The fourth-order valence-corrected chi connectivity index (χ4v) is 3.95. The van der Waals surface area contributed by atoms with Gasteiger partial charge in [0.1, 0.15) is 21.3 Å². The molecule has 1 aromatic carbocycles. The second-order valence-corrected chi connectivity index (χ2v) is 7.21. The predicted molar refractivity (Wildman–Crippen MR) is 56.0 cm³/mol. The third-order valence-electron chi connectivity index (χ3n) is 1.81. The SMILES string of the molecule is CS(=O)(=O)c1c(O)ccc(O)c1S(C)(=O)=O. The number of hydrogen-bond donors (Lipinski definition) is 2. The number of aromatic hydroxyl groups is 2. The van der Waals surface area contributed by atoms with Crippen molar-refractivity contribution in [2.75, 3.05) is 12.5 Å². The van der Waals surface area contributed by atoms with Crippen LogP contribution in [0.3, 0.4) is 0 Å². The number of sulfone groups is 2. The summed E-state index contributed by atoms with van der Waals surface area (Å²) in [4.78, 5) is -1.56. The Kier molecular flexibility index (Phi) is 2.90. The van der Waals surface area contributed by atoms with Gasteiger partial charge in [-0.3, -0.25) is 0 Å². The van der Waals surface area contributed by atoms with E-state index in [1.54, 1.807) is 0 Å². The number of benzene rings is 1. The molecule has 0 saturated heterocycles. The number of rotatable bonds is 2. The van der Waals surface area contributed by atoms with Crippen LogP contribution < -0.4 is 0 Å². The highest BCUT2D eigenvalue weighted by Crippen LogP contribution is 2.36. The van der Waals surface area contributed by atoms with Crippen molar-refractivity contribution in [1.29, 1.82) is 0 Å². The van der Waals surface area contributed by atoms with Crippen LogP contribution in [0.15, 0.2) is 21.9 Å². The average molecular weight is 266 g/mol. The van der Waals surface area contributed by atoms with Gasteiger partial charge in [0, 0.05) is 12.5 Å². The lowest BCUT2D eigenvalue weighted by atomic mass is 10.3. The second-order valence-electron chi connectivity index (χ2n) is 3.31. The van der Waals surface area contributed by atoms with Crippen molar-refractivity contribution in [1.82, 2.24) is 0 Å². The van der Waals surface area contributed by atoms with E-state index in [9.17, 15) is 27.0 Å². The first-order chi connectivity index (χ1) is 7.05. The maximum absolute atomic E-state index is 11.3. The summed E-state index contributed by atoms with van der Waals surface area (Å²) in [6.45, 7) is 0. The van der Waals surface area contributed by atoms with E-state index in [-0.39, 0.29) is 0 Å². The monoisotopic (exact) mass is 266 g/mol. The lowest BCUT2D eigenvalue weighted by Gasteiger charge is -2.09. The summed E-state index contributed by atoms with van der Waals surface area (Å²) in [5.74, 6) is -1.42. The van der Waals surface area contributed by atoms with Crippen LogP contribution in [-0.4, -0.2) is 39.6 Å². The van der Waals surface area contributed by atoms with Crippen molar-refractivity contribution in [3.8, 4) is 11.5 Å². The molecular weight excluding hydrogens is 256 g/mol. The van der Waals surface area contributed by atoms with E-state index < -0.39 is 41.0 Å². The lowest BCUT2D eigenvalue weighted by Crippen LogP contribution is -2.08. The fourth-order valence-electron chi connectivity index (χ4n) is 1.26. The molecule has 0 fully saturated rings. The van der Waals surface area contributed by atoms with Crippen molar-refractivity contribution < 1.29 is 27.0 Å². The highest BCUT2D eigenvalue weighted by atomic mass is 32.2. The lowest BCUT2D eigenvalue weighted by molar-refractivity contribution is 0.429. The molecule has 1 aromatic rings. The van der Waals surface area contributed by atoms with Crippen molar-refractivity contribution in [2.24, 2.45) is 0 Å². The van der Waals surface area contributed by atoms with Gasteiger partial charge in [-0.05, 0) is 12.1 Å². The molecule has 0 heterocycles. The zero-order chi connectivity index (χ0) is 12.7. The summed E-state index contributed by atoms with van der Waals surface area (Å²) in [7, 11) is -7.92. The molecule has 0 saturated carbocycles. The van der Waals surface area contributed by atoms with Gasteiger partial charge in [-0.2, -0.15) is 0 Å². The summed E-state index contributed by atoms with van der Waals surface area (Å²) >= 11 is 0. The van der Waals surface area contributed by atoms with E-state index in [1.165, 1.54) is 0 Å². The third kappa shape index (κ3) is 2.27. The minimum absolute atomic E-state index is 0.708. The molecule has 1 rings (SSSR count). The van der Waals surface area contributed by atoms with Crippen molar-refractivity contribution in [3.63, 3.8) is 0 Å². The molecule has 0 aliphatic rings. The van der Waals surface area contributed by atoms with Crippen LogP contribution in [-0.2, 0) is 19.7 Å². The summed E-state index contributed by atoms with van der Waals surface area (Å²) in [6.07, 6.45) is 1.49. The fraction of sp³-hybridized carbons (Fsp3) is 0.250. The first-order valence-corrected chi connectivity index (χ1v) is 7.78. The van der Waals surface area contributed by atoms with Gasteiger partial charge in [0.05, 0.1) is 0 Å².